The Labute approximate surface area is 260 Å². The number of carboxylic acid groups (broad SMARTS) is 1. The van der Waals surface area contributed by atoms with Crippen molar-refractivity contribution >= 4 is 68.1 Å². The first-order valence-corrected chi connectivity index (χ1v) is 14.9. The molecular formula is C22H24N10O12S2. The van der Waals surface area contributed by atoms with Crippen LogP contribution in [0.15, 0.2) is 27.6 Å². The van der Waals surface area contributed by atoms with E-state index in [-0.39, 0.29) is 27.4 Å². The molecule has 4 rings (SSSR count). The van der Waals surface area contributed by atoms with E-state index in [1.807, 2.05) is 0 Å². The van der Waals surface area contributed by atoms with Crippen molar-refractivity contribution in [3.05, 3.63) is 39.3 Å². The molecule has 2 fully saturated rings. The standard InChI is InChI=1S/C22H24N10O12S2/c1-22(2,18(38)39)44-28-14(11-8-45-19(23)26-11)16(36)25-10-7-30(17(10)37)20(40)29-46(42,43)32-4-3-31(21(32)41)27-15(35)9-5-12(33)13(34)6-24-9/h5-6,8,10,34H,3-4,7H2,1-2H3,(H2,23,26)(H,24,33)(H,25,36)(H,27,35)(H,29,40)(H,38,39)/t10-/m0/s1. The number of carbonyl (C=O) groups excluding carboxylic acids is 5. The molecule has 0 spiro atoms. The smallest absolute Gasteiger partial charge is 0.353 e. The van der Waals surface area contributed by atoms with Crippen molar-refractivity contribution in [1.29, 1.82) is 0 Å². The second-order valence-electron chi connectivity index (χ2n) is 9.85. The van der Waals surface area contributed by atoms with E-state index in [0.717, 1.165) is 37.4 Å². The van der Waals surface area contributed by atoms with E-state index < -0.39 is 87.6 Å². The molecule has 24 heteroatoms. The fourth-order valence-corrected chi connectivity index (χ4v) is 5.20. The monoisotopic (exact) mass is 684 g/mol. The number of β-lactam (4-membered cyclic amide) rings is 1. The van der Waals surface area contributed by atoms with Crippen LogP contribution in [0.4, 0.5) is 14.7 Å². The van der Waals surface area contributed by atoms with Crippen molar-refractivity contribution in [3.63, 3.8) is 0 Å². The number of nitrogens with one attached hydrogen (secondary N) is 4. The second kappa shape index (κ2) is 12.3. The minimum absolute atomic E-state index is 0.0347. The van der Waals surface area contributed by atoms with Gasteiger partial charge in [-0.25, -0.2) is 33.4 Å². The van der Waals surface area contributed by atoms with E-state index in [1.165, 1.54) is 5.38 Å². The number of amides is 7. The van der Waals surface area contributed by atoms with Crippen LogP contribution in [0.5, 0.6) is 5.75 Å². The van der Waals surface area contributed by atoms with Gasteiger partial charge in [0.25, 0.3) is 17.7 Å². The zero-order valence-corrected chi connectivity index (χ0v) is 25.2. The van der Waals surface area contributed by atoms with E-state index in [1.54, 1.807) is 4.72 Å². The lowest BCUT2D eigenvalue weighted by molar-refractivity contribution is -0.161. The Hall–Kier alpha value is -5.78. The lowest BCUT2D eigenvalue weighted by Gasteiger charge is -2.36. The molecule has 0 bridgehead atoms. The van der Waals surface area contributed by atoms with E-state index in [2.05, 4.69) is 25.9 Å². The number of aliphatic carboxylic acids is 1. The average molecular weight is 685 g/mol. The number of aromatic hydroxyl groups is 1. The molecule has 0 aliphatic carbocycles. The lowest BCUT2D eigenvalue weighted by atomic mass is 10.1. The number of hydrogen-bond donors (Lipinski definition) is 7. The highest BCUT2D eigenvalue weighted by atomic mass is 32.2. The number of hydrogen-bond acceptors (Lipinski definition) is 15. The molecule has 8 N–H and O–H groups in total. The third kappa shape index (κ3) is 6.80. The number of H-pyrrole nitrogens is 1. The summed E-state index contributed by atoms with van der Waals surface area (Å²) >= 11 is 0.928. The molecule has 46 heavy (non-hydrogen) atoms. The van der Waals surface area contributed by atoms with Gasteiger partial charge in [-0.2, -0.15) is 8.42 Å². The normalized spacial score (nSPS) is 17.0. The maximum Gasteiger partial charge on any atom is 0.353 e. The molecule has 0 radical (unpaired) electrons. The van der Waals surface area contributed by atoms with Crippen LogP contribution < -0.4 is 26.6 Å². The molecule has 22 nitrogen and oxygen atoms in total. The molecule has 4 heterocycles. The van der Waals surface area contributed by atoms with Crippen LogP contribution in [0.25, 0.3) is 0 Å². The molecule has 2 saturated heterocycles. The number of carboxylic acids is 1. The molecule has 2 aliphatic heterocycles. The molecule has 2 aromatic rings. The topological polar surface area (TPSA) is 316 Å². The van der Waals surface area contributed by atoms with Crippen molar-refractivity contribution in [2.45, 2.75) is 25.5 Å². The van der Waals surface area contributed by atoms with E-state index in [0.29, 0.717) is 9.91 Å². The third-order valence-corrected chi connectivity index (χ3v) is 8.22. The largest absolute Gasteiger partial charge is 0.503 e. The number of oxime groups is 1. The molecule has 2 aromatic heterocycles. The number of aromatic amines is 1. The summed E-state index contributed by atoms with van der Waals surface area (Å²) in [5.41, 5.74) is 3.93. The first-order valence-electron chi connectivity index (χ1n) is 12.6. The summed E-state index contributed by atoms with van der Waals surface area (Å²) in [6.07, 6.45) is 0.837. The Morgan fingerprint density at radius 1 is 1.22 bits per heavy atom. The van der Waals surface area contributed by atoms with Gasteiger partial charge in [-0.3, -0.25) is 29.5 Å². The van der Waals surface area contributed by atoms with E-state index >= 15 is 0 Å². The van der Waals surface area contributed by atoms with Gasteiger partial charge in [0.05, 0.1) is 19.6 Å². The Morgan fingerprint density at radius 3 is 2.50 bits per heavy atom. The first-order chi connectivity index (χ1) is 21.4. The van der Waals surface area contributed by atoms with Gasteiger partial charge in [-0.15, -0.1) is 11.3 Å². The number of nitrogens with two attached hydrogens (primary N) is 1. The molecular weight excluding hydrogens is 660 g/mol. The Kier molecular flexibility index (Phi) is 8.86. The summed E-state index contributed by atoms with van der Waals surface area (Å²) < 4.78 is 27.3. The number of nitrogen functional groups attached to an aromatic ring is 1. The maximum absolute atomic E-state index is 12.9. The number of urea groups is 2. The summed E-state index contributed by atoms with van der Waals surface area (Å²) in [6.45, 7) is 0.924. The quantitative estimate of drug-likeness (QED) is 0.0749. The fraction of sp³-hybridized carbons (Fsp3) is 0.318. The SMILES string of the molecule is CC(C)(ON=C(C(=O)N[C@H]1CN(C(=O)NS(=O)(=O)N2CCN(NC(=O)c3cc(=O)c(O)c[nH]3)C2=O)C1=O)c1csc(N)n1)C(=O)O. The molecule has 0 aromatic carbocycles. The van der Waals surface area contributed by atoms with Gasteiger partial charge in [0.2, 0.25) is 11.0 Å². The predicted octanol–water partition coefficient (Wildman–Crippen LogP) is -2.93. The van der Waals surface area contributed by atoms with Crippen molar-refractivity contribution in [3.8, 4) is 5.75 Å². The molecule has 0 saturated carbocycles. The third-order valence-electron chi connectivity index (χ3n) is 6.19. The number of likely N-dealkylation sites (tertiary alicyclic amines) is 1. The van der Waals surface area contributed by atoms with Crippen LogP contribution in [0, 0.1) is 0 Å². The van der Waals surface area contributed by atoms with Crippen LogP contribution >= 0.6 is 11.3 Å². The molecule has 7 amide bonds. The van der Waals surface area contributed by atoms with Crippen LogP contribution in [0.1, 0.15) is 30.0 Å². The summed E-state index contributed by atoms with van der Waals surface area (Å²) in [5, 5.41) is 26.3. The lowest BCUT2D eigenvalue weighted by Crippen LogP contribution is -2.68. The number of aromatic nitrogens is 2. The minimum atomic E-state index is -4.90. The van der Waals surface area contributed by atoms with Gasteiger partial charge in [0, 0.05) is 17.6 Å². The number of imide groups is 1. The molecule has 0 unspecified atom stereocenters. The highest BCUT2D eigenvalue weighted by molar-refractivity contribution is 7.88. The summed E-state index contributed by atoms with van der Waals surface area (Å²) in [7, 11) is -4.90. The van der Waals surface area contributed by atoms with Gasteiger partial charge in [0.1, 0.15) is 17.4 Å². The van der Waals surface area contributed by atoms with Gasteiger partial charge < -0.3 is 31.1 Å². The van der Waals surface area contributed by atoms with Crippen molar-refractivity contribution in [2.24, 2.45) is 5.16 Å². The van der Waals surface area contributed by atoms with Crippen molar-refractivity contribution < 1.29 is 52.2 Å². The Balaban J connectivity index is 1.35. The van der Waals surface area contributed by atoms with Crippen LogP contribution in [-0.2, 0) is 29.4 Å². The molecule has 246 valence electrons. The average Bonchev–Trinajstić information content (AvgIpc) is 3.56. The number of hydrazine groups is 1. The number of carbonyl (C=O) groups is 6. The van der Waals surface area contributed by atoms with Gasteiger partial charge in [-0.05, 0) is 13.8 Å². The van der Waals surface area contributed by atoms with Gasteiger partial charge in [0.15, 0.2) is 16.6 Å². The minimum Gasteiger partial charge on any atom is -0.503 e. The Morgan fingerprint density at radius 2 is 1.91 bits per heavy atom. The Bertz CT molecular complexity index is 1840. The zero-order valence-electron chi connectivity index (χ0n) is 23.5. The highest BCUT2D eigenvalue weighted by Gasteiger charge is 2.46. The van der Waals surface area contributed by atoms with Crippen molar-refractivity contribution in [1.82, 2.24) is 39.6 Å². The number of nitrogens with zero attached hydrogens (tertiary/aromatic N) is 5. The van der Waals surface area contributed by atoms with Crippen LogP contribution in [-0.4, -0.2) is 116 Å². The van der Waals surface area contributed by atoms with Gasteiger partial charge >= 0.3 is 28.2 Å². The van der Waals surface area contributed by atoms with E-state index in [4.69, 9.17) is 10.6 Å². The number of pyridine rings is 1. The summed E-state index contributed by atoms with van der Waals surface area (Å²) in [4.78, 5) is 97.6. The molecule has 2 aliphatic rings. The fourth-order valence-electron chi connectivity index (χ4n) is 3.58. The number of thiazole rings is 1. The first kappa shape index (κ1) is 33.1. The molecule has 1 atom stereocenters. The summed E-state index contributed by atoms with van der Waals surface area (Å²) in [6, 6.07) is -3.34. The number of rotatable bonds is 10. The zero-order chi connectivity index (χ0) is 34.1. The summed E-state index contributed by atoms with van der Waals surface area (Å²) in [5.74, 6) is -5.19. The van der Waals surface area contributed by atoms with Crippen LogP contribution in [0.3, 0.4) is 0 Å². The maximum atomic E-state index is 12.9. The van der Waals surface area contributed by atoms with Crippen molar-refractivity contribution in [2.75, 3.05) is 25.4 Å². The van der Waals surface area contributed by atoms with Gasteiger partial charge in [-0.1, -0.05) is 5.16 Å². The van der Waals surface area contributed by atoms with E-state index in [9.17, 15) is 52.2 Å². The predicted molar refractivity (Wildman–Crippen MR) is 152 cm³/mol. The highest BCUT2D eigenvalue weighted by Crippen LogP contribution is 2.18. The second-order valence-corrected chi connectivity index (χ2v) is 12.3. The number of anilines is 1. The van der Waals surface area contributed by atoms with Crippen LogP contribution in [0.2, 0.25) is 0 Å².